The summed E-state index contributed by atoms with van der Waals surface area (Å²) in [7, 11) is 1.58. The van der Waals surface area contributed by atoms with Gasteiger partial charge in [-0.25, -0.2) is 4.39 Å². The molecular formula is C32H42FNO6. The van der Waals surface area contributed by atoms with E-state index in [-0.39, 0.29) is 47.4 Å². The summed E-state index contributed by atoms with van der Waals surface area (Å²) in [6, 6.07) is 4.12. The average Bonchev–Trinajstić information content (AvgIpc) is 3.20. The summed E-state index contributed by atoms with van der Waals surface area (Å²) >= 11 is 0. The Morgan fingerprint density at radius 1 is 1.27 bits per heavy atom. The molecule has 0 amide bonds. The summed E-state index contributed by atoms with van der Waals surface area (Å²) in [5.41, 5.74) is 4.67. The predicted octanol–water partition coefficient (Wildman–Crippen LogP) is 5.16. The number of anilines is 1. The van der Waals surface area contributed by atoms with Gasteiger partial charge in [0.15, 0.2) is 23.6 Å². The molecule has 1 aromatic rings. The number of carbonyl (C=O) groups is 2. The zero-order valence-corrected chi connectivity index (χ0v) is 24.0. The van der Waals surface area contributed by atoms with Crippen molar-refractivity contribution in [2.75, 3.05) is 19.5 Å². The molecule has 0 aromatic heterocycles. The van der Waals surface area contributed by atoms with Crippen molar-refractivity contribution < 1.29 is 33.3 Å². The second-order valence-electron chi connectivity index (χ2n) is 12.6. The molecule has 8 atom stereocenters. The van der Waals surface area contributed by atoms with E-state index in [1.165, 1.54) is 18.2 Å². The number of ether oxygens (including phenoxy) is 3. The molecule has 40 heavy (non-hydrogen) atoms. The van der Waals surface area contributed by atoms with Crippen molar-refractivity contribution in [3.8, 4) is 5.75 Å². The minimum absolute atomic E-state index is 0.000913. The molecule has 3 fully saturated rings. The molecule has 0 heterocycles. The topological polar surface area (TPSA) is 108 Å². The first kappa shape index (κ1) is 29.0. The number of hydrogen-bond donors (Lipinski definition) is 2. The maximum atomic E-state index is 14.5. The van der Waals surface area contributed by atoms with E-state index in [4.69, 9.17) is 19.9 Å². The number of halogens is 1. The van der Waals surface area contributed by atoms with Crippen LogP contribution in [-0.2, 0) is 19.1 Å². The van der Waals surface area contributed by atoms with Crippen LogP contribution in [0, 0.1) is 34.4 Å². The van der Waals surface area contributed by atoms with Crippen LogP contribution < -0.4 is 10.5 Å². The highest BCUT2D eigenvalue weighted by Gasteiger charge is 2.69. The third-order valence-electron chi connectivity index (χ3n) is 10.5. The van der Waals surface area contributed by atoms with Crippen molar-refractivity contribution in [2.45, 2.75) is 83.7 Å². The van der Waals surface area contributed by atoms with Gasteiger partial charge in [0.05, 0.1) is 6.10 Å². The minimum atomic E-state index is -1.26. The summed E-state index contributed by atoms with van der Waals surface area (Å²) < 4.78 is 32.6. The van der Waals surface area contributed by atoms with E-state index in [9.17, 15) is 19.1 Å². The third-order valence-corrected chi connectivity index (χ3v) is 10.5. The number of fused-ring (bicyclic) bond motifs is 5. The lowest BCUT2D eigenvalue weighted by Crippen LogP contribution is -2.63. The van der Waals surface area contributed by atoms with Crippen molar-refractivity contribution in [3.05, 3.63) is 47.8 Å². The zero-order valence-electron chi connectivity index (χ0n) is 24.0. The standard InChI is InChI=1S/C32H42FNO6/c1-5-6-28(38-4)40-32(27(37)18-39-26-10-8-20(34)16-24(26)33)14-12-23-22-9-7-19-15-21(35)11-13-30(19,2)29(22)25(36)17-31(23,32)3/h8,10-11,13,15-16,22-23,25,28-29,36H,5-7,9,12,14,17-18,34H2,1-4H3/t22-,23-,25-,28+,29+,30-,31-,32-/m0/s1. The van der Waals surface area contributed by atoms with E-state index >= 15 is 0 Å². The number of benzene rings is 1. The summed E-state index contributed by atoms with van der Waals surface area (Å²) in [4.78, 5) is 26.4. The number of Topliss-reactive ketones (excluding diaryl/α,β-unsaturated/α-hetero) is 1. The average molecular weight is 556 g/mol. The van der Waals surface area contributed by atoms with E-state index < -0.39 is 34.6 Å². The smallest absolute Gasteiger partial charge is 0.202 e. The van der Waals surface area contributed by atoms with Crippen molar-refractivity contribution >= 4 is 17.3 Å². The van der Waals surface area contributed by atoms with Crippen LogP contribution in [0.2, 0.25) is 0 Å². The van der Waals surface area contributed by atoms with E-state index in [1.807, 2.05) is 13.0 Å². The maximum Gasteiger partial charge on any atom is 0.202 e. The van der Waals surface area contributed by atoms with Crippen molar-refractivity contribution in [1.82, 2.24) is 0 Å². The van der Waals surface area contributed by atoms with Crippen LogP contribution in [0.4, 0.5) is 10.1 Å². The Balaban J connectivity index is 1.49. The number of hydrogen-bond acceptors (Lipinski definition) is 7. The van der Waals surface area contributed by atoms with E-state index in [2.05, 4.69) is 13.8 Å². The van der Waals surface area contributed by atoms with Gasteiger partial charge in [-0.05, 0) is 74.6 Å². The molecule has 0 aliphatic heterocycles. The first-order valence-corrected chi connectivity index (χ1v) is 14.5. The van der Waals surface area contributed by atoms with Crippen LogP contribution in [0.15, 0.2) is 42.0 Å². The fraction of sp³-hybridized carbons (Fsp3) is 0.625. The Morgan fingerprint density at radius 2 is 2.05 bits per heavy atom. The van der Waals surface area contributed by atoms with Gasteiger partial charge in [-0.1, -0.05) is 38.8 Å². The molecule has 1 aromatic carbocycles. The van der Waals surface area contributed by atoms with Crippen molar-refractivity contribution in [3.63, 3.8) is 0 Å². The van der Waals surface area contributed by atoms with Crippen LogP contribution in [0.3, 0.4) is 0 Å². The van der Waals surface area contributed by atoms with Gasteiger partial charge in [0, 0.05) is 35.6 Å². The molecule has 0 unspecified atom stereocenters. The molecule has 218 valence electrons. The largest absolute Gasteiger partial charge is 0.483 e. The molecule has 7 nitrogen and oxygen atoms in total. The fourth-order valence-corrected chi connectivity index (χ4v) is 8.61. The highest BCUT2D eigenvalue weighted by Crippen LogP contribution is 2.68. The van der Waals surface area contributed by atoms with Crippen molar-refractivity contribution in [2.24, 2.45) is 28.6 Å². The summed E-state index contributed by atoms with van der Waals surface area (Å²) in [5, 5.41) is 11.8. The van der Waals surface area contributed by atoms with Crippen LogP contribution in [-0.4, -0.2) is 48.4 Å². The first-order chi connectivity index (χ1) is 19.0. The fourth-order valence-electron chi connectivity index (χ4n) is 8.61. The van der Waals surface area contributed by atoms with Gasteiger partial charge >= 0.3 is 0 Å². The number of methoxy groups -OCH3 is 1. The van der Waals surface area contributed by atoms with Gasteiger partial charge in [-0.3, -0.25) is 9.59 Å². The highest BCUT2D eigenvalue weighted by atomic mass is 19.1. The minimum Gasteiger partial charge on any atom is -0.483 e. The monoisotopic (exact) mass is 555 g/mol. The molecule has 5 rings (SSSR count). The number of aliphatic hydroxyl groups excluding tert-OH is 1. The number of aliphatic hydroxyl groups is 1. The van der Waals surface area contributed by atoms with E-state index in [0.29, 0.717) is 19.3 Å². The van der Waals surface area contributed by atoms with Crippen LogP contribution in [0.25, 0.3) is 0 Å². The summed E-state index contributed by atoms with van der Waals surface area (Å²) in [6.07, 6.45) is 8.68. The number of rotatable bonds is 9. The Morgan fingerprint density at radius 3 is 2.75 bits per heavy atom. The Kier molecular flexibility index (Phi) is 7.74. The normalized spacial score (nSPS) is 37.2. The highest BCUT2D eigenvalue weighted by molar-refractivity contribution is 6.01. The molecule has 4 aliphatic carbocycles. The van der Waals surface area contributed by atoms with Gasteiger partial charge in [0.1, 0.15) is 12.2 Å². The second-order valence-corrected chi connectivity index (χ2v) is 12.6. The number of allylic oxidation sites excluding steroid dienone is 4. The van der Waals surface area contributed by atoms with Gasteiger partial charge in [-0.15, -0.1) is 0 Å². The second kappa shape index (κ2) is 10.7. The summed E-state index contributed by atoms with van der Waals surface area (Å²) in [6.45, 7) is 5.86. The molecule has 0 radical (unpaired) electrons. The predicted molar refractivity (Wildman–Crippen MR) is 149 cm³/mol. The molecule has 0 saturated heterocycles. The molecule has 3 N–H and O–H groups in total. The molecule has 8 heteroatoms. The van der Waals surface area contributed by atoms with Gasteiger partial charge < -0.3 is 25.1 Å². The Labute approximate surface area is 235 Å². The van der Waals surface area contributed by atoms with Crippen molar-refractivity contribution in [1.29, 1.82) is 0 Å². The number of ketones is 2. The lowest BCUT2D eigenvalue weighted by molar-refractivity contribution is -0.248. The molecule has 3 saturated carbocycles. The molecule has 4 aliphatic rings. The Hall–Kier alpha value is -2.55. The van der Waals surface area contributed by atoms with Gasteiger partial charge in [-0.2, -0.15) is 0 Å². The van der Waals surface area contributed by atoms with E-state index in [1.54, 1.807) is 19.3 Å². The lowest BCUT2D eigenvalue weighted by Gasteiger charge is -2.60. The lowest BCUT2D eigenvalue weighted by atomic mass is 9.46. The first-order valence-electron chi connectivity index (χ1n) is 14.5. The van der Waals surface area contributed by atoms with Crippen LogP contribution >= 0.6 is 0 Å². The van der Waals surface area contributed by atoms with Crippen LogP contribution in [0.5, 0.6) is 5.75 Å². The van der Waals surface area contributed by atoms with Gasteiger partial charge in [0.25, 0.3) is 0 Å². The van der Waals surface area contributed by atoms with Gasteiger partial charge in [0.2, 0.25) is 5.78 Å². The van der Waals surface area contributed by atoms with E-state index in [0.717, 1.165) is 31.3 Å². The maximum absolute atomic E-state index is 14.5. The molecular weight excluding hydrogens is 513 g/mol. The third kappa shape index (κ3) is 4.52. The number of nitrogens with two attached hydrogens (primary N) is 1. The molecule has 0 spiro atoms. The molecule has 0 bridgehead atoms. The number of nitrogen functional groups attached to an aromatic ring is 1. The van der Waals surface area contributed by atoms with Crippen LogP contribution in [0.1, 0.15) is 65.7 Å². The zero-order chi connectivity index (χ0) is 28.9. The quantitative estimate of drug-likeness (QED) is 0.320. The Bertz CT molecular complexity index is 1230. The summed E-state index contributed by atoms with van der Waals surface area (Å²) in [5.74, 6) is -0.752. The SMILES string of the molecule is CCC[C@H](OC)O[C@]1(C(=O)COc2ccc(N)cc2F)CC[C@H]2[C@@H]3CCC4=CC(=O)C=C[C@]4(C)[C@H]3[C@@H](O)C[C@@]21C. The number of carbonyl (C=O) groups excluding carboxylic acids is 2.